The monoisotopic (exact) mass is 349 g/mol. The molecule has 2 N–H and O–H groups in total. The molecule has 0 aromatic heterocycles. The molecule has 0 aliphatic heterocycles. The van der Waals surface area contributed by atoms with Gasteiger partial charge in [0.25, 0.3) is 0 Å². The number of methoxy groups -OCH3 is 1. The second-order valence-corrected chi connectivity index (χ2v) is 2.05. The fourth-order valence-electron chi connectivity index (χ4n) is 0.600. The topological polar surface area (TPSA) is 85.2 Å². The normalized spacial score (nSPS) is 9.71. The first kappa shape index (κ1) is 30.9. The number of aliphatic hydroxyl groups excluding tert-OH is 2. The van der Waals surface area contributed by atoms with Crippen LogP contribution < -0.4 is 37.2 Å². The quantitative estimate of drug-likeness (QED) is 0.257. The Morgan fingerprint density at radius 2 is 1.59 bits per heavy atom. The van der Waals surface area contributed by atoms with Crippen LogP contribution in [0.2, 0.25) is 0 Å². The van der Waals surface area contributed by atoms with E-state index in [1.807, 2.05) is 0 Å². The summed E-state index contributed by atoms with van der Waals surface area (Å²) in [5.41, 5.74) is 0. The van der Waals surface area contributed by atoms with Gasteiger partial charge in [0, 0.05) is 7.11 Å². The third-order valence-corrected chi connectivity index (χ3v) is 1.18. The van der Waals surface area contributed by atoms with Gasteiger partial charge in [-0.25, -0.2) is 0 Å². The van der Waals surface area contributed by atoms with E-state index in [0.717, 1.165) is 20.4 Å². The molecule has 0 aromatic carbocycles. The van der Waals surface area contributed by atoms with E-state index in [4.69, 9.17) is 27.7 Å². The summed E-state index contributed by atoms with van der Waals surface area (Å²) < 4.78 is 22.9. The van der Waals surface area contributed by atoms with E-state index in [0.29, 0.717) is 19.8 Å². The van der Waals surface area contributed by atoms with Gasteiger partial charge < -0.3 is 61.6 Å². The second kappa shape index (κ2) is 30.3. The van der Waals surface area contributed by atoms with E-state index in [-0.39, 0.29) is 50.4 Å². The van der Waals surface area contributed by atoms with Crippen molar-refractivity contribution in [2.45, 2.75) is 6.29 Å². The molecule has 0 heterocycles. The zero-order valence-corrected chi connectivity index (χ0v) is 13.1. The van der Waals surface area contributed by atoms with Gasteiger partial charge >= 0.3 is 23.7 Å². The van der Waals surface area contributed by atoms with Crippen molar-refractivity contribution in [3.63, 3.8) is 0 Å². The average Bonchev–Trinajstić information content (AvgIpc) is 2.26. The second-order valence-electron chi connectivity index (χ2n) is 2.05. The van der Waals surface area contributed by atoms with Gasteiger partial charge in [0.15, 0.2) is 6.29 Å². The first-order valence-electron chi connectivity index (χ1n) is 3.99. The number of aliphatic hydroxyl groups is 2. The van der Waals surface area contributed by atoms with Crippen molar-refractivity contribution in [2.75, 3.05) is 40.1 Å². The maximum absolute atomic E-state index is 8.60. The molecule has 0 bridgehead atoms. The molecule has 0 rings (SSSR count). The summed E-state index contributed by atoms with van der Waals surface area (Å²) in [5, 5.41) is 16.9. The molecule has 0 aromatic rings. The molecule has 1 atom stereocenters. The summed E-state index contributed by atoms with van der Waals surface area (Å²) >= 11 is 0.750. The summed E-state index contributed by atoms with van der Waals surface area (Å²) in [6.07, 6.45) is -0.581. The molecule has 105 valence electrons. The molecule has 0 spiro atoms. The van der Waals surface area contributed by atoms with Crippen LogP contribution in [-0.4, -0.2) is 56.6 Å². The minimum absolute atomic E-state index is 0. The summed E-state index contributed by atoms with van der Waals surface area (Å²) in [6, 6.07) is 0. The van der Waals surface area contributed by atoms with Crippen LogP contribution >= 0.6 is 0 Å². The molecular weight excluding hydrogens is 334 g/mol. The molecule has 0 fully saturated rings. The van der Waals surface area contributed by atoms with Gasteiger partial charge in [0.05, 0.1) is 33.0 Å². The van der Waals surface area contributed by atoms with Crippen molar-refractivity contribution in [1.29, 1.82) is 0 Å². The summed E-state index contributed by atoms with van der Waals surface area (Å²) in [7, 11) is 1.45. The van der Waals surface area contributed by atoms with Crippen molar-refractivity contribution >= 4 is 0 Å². The summed E-state index contributed by atoms with van der Waals surface area (Å²) in [5.74, 6) is 0. The maximum atomic E-state index is 8.60. The number of hydrogen-bond acceptors (Lipinski definition) is 6. The van der Waals surface area contributed by atoms with Crippen molar-refractivity contribution in [3.05, 3.63) is 0 Å². The van der Waals surface area contributed by atoms with Crippen LogP contribution in [-0.2, 0) is 37.9 Å². The van der Waals surface area contributed by atoms with Crippen LogP contribution in [0, 0.1) is 0 Å². The van der Waals surface area contributed by atoms with Crippen molar-refractivity contribution in [2.24, 2.45) is 0 Å². The standard InChI is InChI=1S/C7H16O5.3ClH.O.Ti/c1-10-7(6-9)12-5-4-11-3-2-8;;;;;/h7-9H,2-6H2,1H3;3*1H;;/q;;;;;+3/p-3. The van der Waals surface area contributed by atoms with Crippen molar-refractivity contribution in [3.8, 4) is 0 Å². The number of rotatable bonds is 8. The van der Waals surface area contributed by atoms with E-state index in [2.05, 4.69) is 0 Å². The van der Waals surface area contributed by atoms with E-state index >= 15 is 0 Å². The third-order valence-electron chi connectivity index (χ3n) is 1.18. The molecule has 1 unspecified atom stereocenters. The van der Waals surface area contributed by atoms with Gasteiger partial charge in [-0.05, 0) is 0 Å². The van der Waals surface area contributed by atoms with Crippen LogP contribution in [0.25, 0.3) is 0 Å². The minimum atomic E-state index is -0.581. The molecule has 17 heavy (non-hydrogen) atoms. The van der Waals surface area contributed by atoms with Gasteiger partial charge in [-0.15, -0.1) is 0 Å². The van der Waals surface area contributed by atoms with Gasteiger partial charge in [0.2, 0.25) is 0 Å². The van der Waals surface area contributed by atoms with Gasteiger partial charge in [0.1, 0.15) is 0 Å². The van der Waals surface area contributed by atoms with Crippen LogP contribution in [0.15, 0.2) is 0 Å². The zero-order chi connectivity index (χ0) is 11.2. The van der Waals surface area contributed by atoms with E-state index < -0.39 is 6.29 Å². The SMILES string of the molecule is COC(CO)OCCOCCO.[Cl-].[Cl-].[Cl-].[O]=[Ti+3]. The predicted molar refractivity (Wildman–Crippen MR) is 42.4 cm³/mol. The van der Waals surface area contributed by atoms with E-state index in [1.165, 1.54) is 7.11 Å². The molecule has 0 amide bonds. The molecule has 6 nitrogen and oxygen atoms in total. The average molecular weight is 350 g/mol. The fourth-order valence-corrected chi connectivity index (χ4v) is 0.600. The van der Waals surface area contributed by atoms with Crippen LogP contribution in [0.3, 0.4) is 0 Å². The molecular formula is C7H16Cl3O6Ti. The van der Waals surface area contributed by atoms with Gasteiger partial charge in [-0.3, -0.25) is 0 Å². The molecule has 0 aliphatic carbocycles. The fraction of sp³-hybridized carbons (Fsp3) is 1.00. The Labute approximate surface area is 131 Å². The first-order chi connectivity index (χ1) is 6.85. The Morgan fingerprint density at radius 3 is 1.94 bits per heavy atom. The number of ether oxygens (including phenoxy) is 3. The Hall–Kier alpha value is 1.18. The molecule has 0 saturated carbocycles. The van der Waals surface area contributed by atoms with Gasteiger partial charge in [-0.2, -0.15) is 0 Å². The van der Waals surface area contributed by atoms with Crippen LogP contribution in [0.1, 0.15) is 0 Å². The zero-order valence-electron chi connectivity index (χ0n) is 9.27. The molecule has 10 heteroatoms. The van der Waals surface area contributed by atoms with Crippen molar-refractivity contribution in [1.82, 2.24) is 0 Å². The number of halogens is 3. The third kappa shape index (κ3) is 26.7. The van der Waals surface area contributed by atoms with Crippen LogP contribution in [0.4, 0.5) is 0 Å². The summed E-state index contributed by atoms with van der Waals surface area (Å²) in [6.45, 7) is 0.879. The number of hydrogen-bond donors (Lipinski definition) is 2. The predicted octanol–water partition coefficient (Wildman–Crippen LogP) is -10.1. The summed E-state index contributed by atoms with van der Waals surface area (Å²) in [4.78, 5) is 0. The first-order valence-corrected chi connectivity index (χ1v) is 4.63. The Morgan fingerprint density at radius 1 is 1.06 bits per heavy atom. The van der Waals surface area contributed by atoms with Crippen molar-refractivity contribution < 1.29 is 85.4 Å². The van der Waals surface area contributed by atoms with E-state index in [1.54, 1.807) is 0 Å². The van der Waals surface area contributed by atoms with Crippen LogP contribution in [0.5, 0.6) is 0 Å². The van der Waals surface area contributed by atoms with E-state index in [9.17, 15) is 0 Å². The Kier molecular flexibility index (Phi) is 55.1. The molecule has 0 radical (unpaired) electrons. The molecule has 0 aliphatic rings. The Balaban J connectivity index is -0.0000000907. The Bertz CT molecular complexity index is 112. The van der Waals surface area contributed by atoms with Gasteiger partial charge in [-0.1, -0.05) is 0 Å². The molecule has 0 saturated heterocycles.